The monoisotopic (exact) mass is 194 g/mol. The van der Waals surface area contributed by atoms with Crippen molar-refractivity contribution in [1.82, 2.24) is 4.90 Å². The Kier molecular flexibility index (Phi) is 3.22. The highest BCUT2D eigenvalue weighted by Gasteiger charge is 2.20. The zero-order chi connectivity index (χ0) is 9.80. The molecule has 3 heteroatoms. The van der Waals surface area contributed by atoms with Gasteiger partial charge >= 0.3 is 0 Å². The SMILES string of the molecule is NCC1CCN(CCc2ccco2)C1. The number of nitrogens with two attached hydrogens (primary N) is 1. The number of hydrogen-bond donors (Lipinski definition) is 1. The summed E-state index contributed by atoms with van der Waals surface area (Å²) in [5.74, 6) is 1.80. The second-order valence-electron chi connectivity index (χ2n) is 4.02. The van der Waals surface area contributed by atoms with Crippen LogP contribution in [0.25, 0.3) is 0 Å². The van der Waals surface area contributed by atoms with E-state index in [2.05, 4.69) is 4.90 Å². The van der Waals surface area contributed by atoms with E-state index in [1.165, 1.54) is 13.0 Å². The molecule has 1 aliphatic heterocycles. The predicted octanol–water partition coefficient (Wildman–Crippen LogP) is 1.10. The molecule has 2 N–H and O–H groups in total. The fraction of sp³-hybridized carbons (Fsp3) is 0.636. The van der Waals surface area contributed by atoms with E-state index in [4.69, 9.17) is 10.2 Å². The normalized spacial score (nSPS) is 23.1. The Morgan fingerprint density at radius 2 is 2.50 bits per heavy atom. The van der Waals surface area contributed by atoms with Crippen LogP contribution in [0.1, 0.15) is 12.2 Å². The summed E-state index contributed by atoms with van der Waals surface area (Å²) >= 11 is 0. The Hall–Kier alpha value is -0.800. The van der Waals surface area contributed by atoms with Gasteiger partial charge in [-0.2, -0.15) is 0 Å². The van der Waals surface area contributed by atoms with Gasteiger partial charge in [0.25, 0.3) is 0 Å². The van der Waals surface area contributed by atoms with Crippen LogP contribution in [0.2, 0.25) is 0 Å². The molecule has 1 aromatic heterocycles. The highest BCUT2D eigenvalue weighted by Crippen LogP contribution is 2.15. The van der Waals surface area contributed by atoms with Crippen molar-refractivity contribution in [2.24, 2.45) is 11.7 Å². The first-order chi connectivity index (χ1) is 6.88. The zero-order valence-electron chi connectivity index (χ0n) is 8.48. The molecule has 1 fully saturated rings. The summed E-state index contributed by atoms with van der Waals surface area (Å²) in [6.07, 6.45) is 4.01. The first-order valence-electron chi connectivity index (χ1n) is 5.33. The number of hydrogen-bond acceptors (Lipinski definition) is 3. The second kappa shape index (κ2) is 4.62. The Balaban J connectivity index is 1.72. The van der Waals surface area contributed by atoms with Gasteiger partial charge in [0.05, 0.1) is 6.26 Å². The topological polar surface area (TPSA) is 42.4 Å². The maximum absolute atomic E-state index is 5.64. The molecule has 1 atom stereocenters. The highest BCUT2D eigenvalue weighted by atomic mass is 16.3. The summed E-state index contributed by atoms with van der Waals surface area (Å²) in [5.41, 5.74) is 5.64. The molecule has 0 spiro atoms. The molecular formula is C11H18N2O. The van der Waals surface area contributed by atoms with Crippen molar-refractivity contribution < 1.29 is 4.42 Å². The summed E-state index contributed by atoms with van der Waals surface area (Å²) in [5, 5.41) is 0. The van der Waals surface area contributed by atoms with Gasteiger partial charge in [-0.1, -0.05) is 0 Å². The molecule has 0 radical (unpaired) electrons. The van der Waals surface area contributed by atoms with Gasteiger partial charge in [0, 0.05) is 19.5 Å². The average molecular weight is 194 g/mol. The standard InChI is InChI=1S/C11H18N2O/c12-8-10-3-5-13(9-10)6-4-11-2-1-7-14-11/h1-2,7,10H,3-6,8-9,12H2. The van der Waals surface area contributed by atoms with Crippen molar-refractivity contribution in [3.63, 3.8) is 0 Å². The van der Waals surface area contributed by atoms with E-state index >= 15 is 0 Å². The van der Waals surface area contributed by atoms with E-state index in [0.717, 1.165) is 31.8 Å². The summed E-state index contributed by atoms with van der Waals surface area (Å²) < 4.78 is 5.30. The molecule has 0 aliphatic carbocycles. The molecule has 78 valence electrons. The van der Waals surface area contributed by atoms with Gasteiger partial charge in [-0.3, -0.25) is 0 Å². The largest absolute Gasteiger partial charge is 0.469 e. The fourth-order valence-corrected chi connectivity index (χ4v) is 2.03. The molecule has 0 saturated carbocycles. The van der Waals surface area contributed by atoms with Crippen molar-refractivity contribution in [3.05, 3.63) is 24.2 Å². The number of likely N-dealkylation sites (tertiary alicyclic amines) is 1. The lowest BCUT2D eigenvalue weighted by molar-refractivity contribution is 0.319. The fourth-order valence-electron chi connectivity index (χ4n) is 2.03. The van der Waals surface area contributed by atoms with Gasteiger partial charge < -0.3 is 15.1 Å². The molecule has 1 saturated heterocycles. The van der Waals surface area contributed by atoms with Gasteiger partial charge in [-0.05, 0) is 37.6 Å². The van der Waals surface area contributed by atoms with Gasteiger partial charge in [-0.25, -0.2) is 0 Å². The van der Waals surface area contributed by atoms with E-state index in [1.54, 1.807) is 6.26 Å². The van der Waals surface area contributed by atoms with Crippen molar-refractivity contribution in [3.8, 4) is 0 Å². The molecule has 1 aliphatic rings. The molecule has 2 heterocycles. The molecule has 0 amide bonds. The molecular weight excluding hydrogens is 176 g/mol. The molecule has 0 aromatic carbocycles. The number of nitrogens with zero attached hydrogens (tertiary/aromatic N) is 1. The van der Waals surface area contributed by atoms with Crippen LogP contribution in [0.3, 0.4) is 0 Å². The minimum absolute atomic E-state index is 0.714. The number of furan rings is 1. The van der Waals surface area contributed by atoms with Crippen LogP contribution >= 0.6 is 0 Å². The van der Waals surface area contributed by atoms with Gasteiger partial charge in [-0.15, -0.1) is 0 Å². The predicted molar refractivity (Wildman–Crippen MR) is 56.0 cm³/mol. The van der Waals surface area contributed by atoms with Crippen LogP contribution in [0, 0.1) is 5.92 Å². The quantitative estimate of drug-likeness (QED) is 0.780. The summed E-state index contributed by atoms with van der Waals surface area (Å²) in [7, 11) is 0. The summed E-state index contributed by atoms with van der Waals surface area (Å²) in [6.45, 7) is 4.29. The van der Waals surface area contributed by atoms with Crippen molar-refractivity contribution in [2.75, 3.05) is 26.2 Å². The average Bonchev–Trinajstić information content (AvgIpc) is 2.86. The van der Waals surface area contributed by atoms with E-state index in [9.17, 15) is 0 Å². The zero-order valence-corrected chi connectivity index (χ0v) is 8.48. The molecule has 14 heavy (non-hydrogen) atoms. The second-order valence-corrected chi connectivity index (χ2v) is 4.02. The van der Waals surface area contributed by atoms with Gasteiger partial charge in [0.1, 0.15) is 5.76 Å². The van der Waals surface area contributed by atoms with E-state index in [-0.39, 0.29) is 0 Å². The van der Waals surface area contributed by atoms with Crippen LogP contribution in [-0.2, 0) is 6.42 Å². The summed E-state index contributed by atoms with van der Waals surface area (Å²) in [6, 6.07) is 3.98. The van der Waals surface area contributed by atoms with Gasteiger partial charge in [0.2, 0.25) is 0 Å². The minimum Gasteiger partial charge on any atom is -0.469 e. The molecule has 3 nitrogen and oxygen atoms in total. The Labute approximate surface area is 84.9 Å². The smallest absolute Gasteiger partial charge is 0.105 e. The maximum atomic E-state index is 5.64. The van der Waals surface area contributed by atoms with Crippen molar-refractivity contribution in [2.45, 2.75) is 12.8 Å². The van der Waals surface area contributed by atoms with E-state index in [1.807, 2.05) is 12.1 Å². The van der Waals surface area contributed by atoms with Crippen LogP contribution in [-0.4, -0.2) is 31.1 Å². The first kappa shape index (κ1) is 9.74. The lowest BCUT2D eigenvalue weighted by Gasteiger charge is -2.14. The highest BCUT2D eigenvalue weighted by molar-refractivity contribution is 4.98. The minimum atomic E-state index is 0.714. The lowest BCUT2D eigenvalue weighted by Crippen LogP contribution is -2.25. The molecule has 1 aromatic rings. The van der Waals surface area contributed by atoms with Crippen LogP contribution in [0.15, 0.2) is 22.8 Å². The van der Waals surface area contributed by atoms with Crippen molar-refractivity contribution in [1.29, 1.82) is 0 Å². The number of rotatable bonds is 4. The third kappa shape index (κ3) is 2.36. The molecule has 2 rings (SSSR count). The van der Waals surface area contributed by atoms with Crippen LogP contribution in [0.4, 0.5) is 0 Å². The van der Waals surface area contributed by atoms with Crippen LogP contribution < -0.4 is 5.73 Å². The molecule has 0 bridgehead atoms. The Bertz CT molecular complexity index is 258. The van der Waals surface area contributed by atoms with E-state index < -0.39 is 0 Å². The Morgan fingerprint density at radius 1 is 1.57 bits per heavy atom. The van der Waals surface area contributed by atoms with Crippen molar-refractivity contribution >= 4 is 0 Å². The van der Waals surface area contributed by atoms with E-state index in [0.29, 0.717) is 5.92 Å². The Morgan fingerprint density at radius 3 is 3.14 bits per heavy atom. The van der Waals surface area contributed by atoms with Crippen LogP contribution in [0.5, 0.6) is 0 Å². The summed E-state index contributed by atoms with van der Waals surface area (Å²) in [4.78, 5) is 2.47. The third-order valence-corrected chi connectivity index (χ3v) is 2.96. The van der Waals surface area contributed by atoms with Gasteiger partial charge in [0.15, 0.2) is 0 Å². The molecule has 1 unspecified atom stereocenters. The maximum Gasteiger partial charge on any atom is 0.105 e. The lowest BCUT2D eigenvalue weighted by atomic mass is 10.1. The first-order valence-corrected chi connectivity index (χ1v) is 5.33. The third-order valence-electron chi connectivity index (χ3n) is 2.96.